The summed E-state index contributed by atoms with van der Waals surface area (Å²) in [5.74, 6) is 1.20. The van der Waals surface area contributed by atoms with Gasteiger partial charge in [-0.3, -0.25) is 10.1 Å². The van der Waals surface area contributed by atoms with Gasteiger partial charge in [-0.1, -0.05) is 32.9 Å². The number of hydrogen-bond donors (Lipinski definition) is 1. The molecular formula is C22H25N5OS. The molecule has 1 aromatic carbocycles. The average molecular weight is 408 g/mol. The van der Waals surface area contributed by atoms with E-state index in [-0.39, 0.29) is 11.3 Å². The van der Waals surface area contributed by atoms with E-state index in [1.807, 2.05) is 49.6 Å². The lowest BCUT2D eigenvalue weighted by Crippen LogP contribution is -2.16. The monoisotopic (exact) mass is 407 g/mol. The predicted molar refractivity (Wildman–Crippen MR) is 119 cm³/mol. The molecule has 4 aromatic rings. The number of nitrogens with one attached hydrogen (secondary N) is 1. The summed E-state index contributed by atoms with van der Waals surface area (Å²) in [7, 11) is 0. The van der Waals surface area contributed by atoms with Crippen LogP contribution >= 0.6 is 11.3 Å². The number of anilines is 1. The highest BCUT2D eigenvalue weighted by Crippen LogP contribution is 2.33. The van der Waals surface area contributed by atoms with Gasteiger partial charge in [-0.15, -0.1) is 11.3 Å². The van der Waals surface area contributed by atoms with Crippen LogP contribution in [0.25, 0.3) is 21.3 Å². The van der Waals surface area contributed by atoms with E-state index in [0.29, 0.717) is 10.8 Å². The molecular weight excluding hydrogens is 382 g/mol. The molecule has 4 rings (SSSR count). The number of para-hydroxylation sites is 2. The van der Waals surface area contributed by atoms with Crippen molar-refractivity contribution in [2.75, 3.05) is 5.32 Å². The fraction of sp³-hybridized carbons (Fsp3) is 0.364. The number of benzene rings is 1. The summed E-state index contributed by atoms with van der Waals surface area (Å²) in [5, 5.41) is 3.98. The molecule has 7 heteroatoms. The number of hydrogen-bond acceptors (Lipinski definition) is 5. The standard InChI is InChI=1S/C22H25N5OS/c1-7-27-15-11-9-8-10-14(15)24-21(27)25-18(28)17-12(2)16-13(3)23-20(22(4,5)6)26-19(16)29-17/h8-11H,7H2,1-6H3,(H,24,25,28). The van der Waals surface area contributed by atoms with Gasteiger partial charge in [0, 0.05) is 17.3 Å². The van der Waals surface area contributed by atoms with Crippen LogP contribution in [0.1, 0.15) is 54.4 Å². The Morgan fingerprint density at radius 1 is 1.14 bits per heavy atom. The Labute approximate surface area is 174 Å². The van der Waals surface area contributed by atoms with Crippen molar-refractivity contribution in [3.8, 4) is 0 Å². The highest BCUT2D eigenvalue weighted by Gasteiger charge is 2.24. The molecule has 6 nitrogen and oxygen atoms in total. The first-order valence-electron chi connectivity index (χ1n) is 9.75. The van der Waals surface area contributed by atoms with Crippen molar-refractivity contribution in [1.82, 2.24) is 19.5 Å². The third-order valence-electron chi connectivity index (χ3n) is 5.04. The molecule has 0 fully saturated rings. The fourth-order valence-corrected chi connectivity index (χ4v) is 4.67. The number of aryl methyl sites for hydroxylation is 3. The molecule has 0 saturated carbocycles. The third-order valence-corrected chi connectivity index (χ3v) is 6.23. The highest BCUT2D eigenvalue weighted by molar-refractivity contribution is 7.20. The number of imidazole rings is 1. The van der Waals surface area contributed by atoms with Crippen LogP contribution in [0.2, 0.25) is 0 Å². The van der Waals surface area contributed by atoms with Crippen LogP contribution in [0.3, 0.4) is 0 Å². The van der Waals surface area contributed by atoms with E-state index >= 15 is 0 Å². The molecule has 0 bridgehead atoms. The topological polar surface area (TPSA) is 72.7 Å². The number of thiophene rings is 1. The van der Waals surface area contributed by atoms with Crippen LogP contribution in [-0.4, -0.2) is 25.4 Å². The Kier molecular flexibility index (Phi) is 4.65. The molecule has 0 saturated heterocycles. The van der Waals surface area contributed by atoms with Crippen LogP contribution in [0.15, 0.2) is 24.3 Å². The second-order valence-corrected chi connectivity index (χ2v) is 9.24. The van der Waals surface area contributed by atoms with E-state index in [1.165, 1.54) is 11.3 Å². The maximum Gasteiger partial charge on any atom is 0.268 e. The predicted octanol–water partition coefficient (Wildman–Crippen LogP) is 5.23. The molecule has 0 atom stereocenters. The lowest BCUT2D eigenvalue weighted by Gasteiger charge is -2.16. The maximum atomic E-state index is 13.1. The number of fused-ring (bicyclic) bond motifs is 2. The van der Waals surface area contributed by atoms with Gasteiger partial charge in [-0.2, -0.15) is 0 Å². The van der Waals surface area contributed by atoms with Crippen molar-refractivity contribution in [3.05, 3.63) is 46.2 Å². The molecule has 0 spiro atoms. The lowest BCUT2D eigenvalue weighted by atomic mass is 9.95. The summed E-state index contributed by atoms with van der Waals surface area (Å²) in [5.41, 5.74) is 3.56. The zero-order chi connectivity index (χ0) is 20.9. The largest absolute Gasteiger partial charge is 0.310 e. The molecule has 0 radical (unpaired) electrons. The van der Waals surface area contributed by atoms with Gasteiger partial charge >= 0.3 is 0 Å². The van der Waals surface area contributed by atoms with Crippen molar-refractivity contribution in [2.45, 2.75) is 53.5 Å². The number of aromatic nitrogens is 4. The number of rotatable bonds is 3. The minimum atomic E-state index is -0.160. The fourth-order valence-electron chi connectivity index (χ4n) is 3.54. The van der Waals surface area contributed by atoms with E-state index in [0.717, 1.165) is 44.9 Å². The van der Waals surface area contributed by atoms with Gasteiger partial charge < -0.3 is 4.57 Å². The van der Waals surface area contributed by atoms with E-state index in [4.69, 9.17) is 9.97 Å². The Morgan fingerprint density at radius 2 is 1.86 bits per heavy atom. The summed E-state index contributed by atoms with van der Waals surface area (Å²) >= 11 is 1.42. The first kappa shape index (κ1) is 19.5. The molecule has 3 aromatic heterocycles. The maximum absolute atomic E-state index is 13.1. The number of carbonyl (C=O) groups is 1. The molecule has 3 heterocycles. The minimum absolute atomic E-state index is 0.148. The van der Waals surface area contributed by atoms with Crippen LogP contribution in [-0.2, 0) is 12.0 Å². The molecule has 150 valence electrons. The second kappa shape index (κ2) is 6.91. The van der Waals surface area contributed by atoms with Crippen LogP contribution in [0.4, 0.5) is 5.95 Å². The number of carbonyl (C=O) groups excluding carboxylic acids is 1. The lowest BCUT2D eigenvalue weighted by molar-refractivity contribution is 0.102. The van der Waals surface area contributed by atoms with E-state index in [1.54, 1.807) is 0 Å². The van der Waals surface area contributed by atoms with Gasteiger partial charge in [-0.05, 0) is 38.5 Å². The van der Waals surface area contributed by atoms with Crippen molar-refractivity contribution in [1.29, 1.82) is 0 Å². The third kappa shape index (κ3) is 3.29. The SMILES string of the molecule is CCn1c(NC(=O)c2sc3nc(C(C)(C)C)nc(C)c3c2C)nc2ccccc21. The van der Waals surface area contributed by atoms with Crippen LogP contribution in [0, 0.1) is 13.8 Å². The first-order chi connectivity index (χ1) is 13.7. The van der Waals surface area contributed by atoms with Crippen molar-refractivity contribution < 1.29 is 4.79 Å². The van der Waals surface area contributed by atoms with E-state index in [9.17, 15) is 4.79 Å². The average Bonchev–Trinajstić information content (AvgIpc) is 3.18. The Morgan fingerprint density at radius 3 is 2.55 bits per heavy atom. The van der Waals surface area contributed by atoms with Gasteiger partial charge in [0.2, 0.25) is 5.95 Å². The molecule has 1 amide bonds. The van der Waals surface area contributed by atoms with Gasteiger partial charge in [0.05, 0.1) is 21.6 Å². The smallest absolute Gasteiger partial charge is 0.268 e. The molecule has 0 aliphatic heterocycles. The summed E-state index contributed by atoms with van der Waals surface area (Å²) in [6.07, 6.45) is 0. The molecule has 29 heavy (non-hydrogen) atoms. The summed E-state index contributed by atoms with van der Waals surface area (Å²) in [4.78, 5) is 28.7. The molecule has 0 unspecified atom stereocenters. The summed E-state index contributed by atoms with van der Waals surface area (Å²) in [6, 6.07) is 7.89. The number of amides is 1. The van der Waals surface area contributed by atoms with E-state index < -0.39 is 0 Å². The van der Waals surface area contributed by atoms with Crippen molar-refractivity contribution >= 4 is 44.4 Å². The zero-order valence-corrected chi connectivity index (χ0v) is 18.4. The second-order valence-electron chi connectivity index (χ2n) is 8.24. The van der Waals surface area contributed by atoms with Gasteiger partial charge in [-0.25, -0.2) is 15.0 Å². The Bertz CT molecular complexity index is 1250. The first-order valence-corrected chi connectivity index (χ1v) is 10.6. The molecule has 0 aliphatic carbocycles. The normalized spacial score (nSPS) is 12.1. The highest BCUT2D eigenvalue weighted by atomic mass is 32.1. The van der Waals surface area contributed by atoms with Crippen molar-refractivity contribution in [2.24, 2.45) is 0 Å². The summed E-state index contributed by atoms with van der Waals surface area (Å²) < 4.78 is 2.01. The quantitative estimate of drug-likeness (QED) is 0.505. The molecule has 0 aliphatic rings. The van der Waals surface area contributed by atoms with Crippen LogP contribution in [0.5, 0.6) is 0 Å². The van der Waals surface area contributed by atoms with Gasteiger partial charge in [0.25, 0.3) is 5.91 Å². The van der Waals surface area contributed by atoms with E-state index in [2.05, 4.69) is 31.1 Å². The number of nitrogens with zero attached hydrogens (tertiary/aromatic N) is 4. The minimum Gasteiger partial charge on any atom is -0.310 e. The van der Waals surface area contributed by atoms with Crippen LogP contribution < -0.4 is 5.32 Å². The van der Waals surface area contributed by atoms with Crippen molar-refractivity contribution in [3.63, 3.8) is 0 Å². The molecule has 1 N–H and O–H groups in total. The van der Waals surface area contributed by atoms with Gasteiger partial charge in [0.1, 0.15) is 10.7 Å². The van der Waals surface area contributed by atoms with Gasteiger partial charge in [0.15, 0.2) is 0 Å². The Balaban J connectivity index is 1.76. The summed E-state index contributed by atoms with van der Waals surface area (Å²) in [6.45, 7) is 13.0. The Hall–Kier alpha value is -2.80. The zero-order valence-electron chi connectivity index (χ0n) is 17.6.